The monoisotopic (exact) mass is 325 g/mol. The minimum atomic E-state index is -0.398. The molecule has 2 aromatic carbocycles. The van der Waals surface area contributed by atoms with Gasteiger partial charge in [-0.1, -0.05) is 61.5 Å². The third-order valence-electron chi connectivity index (χ3n) is 3.67. The van der Waals surface area contributed by atoms with Gasteiger partial charge in [0.1, 0.15) is 0 Å². The predicted octanol–water partition coefficient (Wildman–Crippen LogP) is 2.51. The zero-order chi connectivity index (χ0) is 17.4. The highest BCUT2D eigenvalue weighted by Gasteiger charge is 2.20. The summed E-state index contributed by atoms with van der Waals surface area (Å²) >= 11 is 0. The highest BCUT2D eigenvalue weighted by Crippen LogP contribution is 2.25. The average molecular weight is 325 g/mol. The van der Waals surface area contributed by atoms with Gasteiger partial charge in [0.15, 0.2) is 0 Å². The SMILES string of the molecule is CCCNC(=O)NC(c1ccccc1)c1ccccc1CC(N)=O. The summed E-state index contributed by atoms with van der Waals surface area (Å²) in [6.45, 7) is 2.60. The average Bonchev–Trinajstić information content (AvgIpc) is 2.59. The van der Waals surface area contributed by atoms with Crippen LogP contribution in [0, 0.1) is 0 Å². The Morgan fingerprint density at radius 1 is 1.04 bits per heavy atom. The Hall–Kier alpha value is -2.82. The molecular weight excluding hydrogens is 302 g/mol. The lowest BCUT2D eigenvalue weighted by molar-refractivity contribution is -0.117. The normalized spacial score (nSPS) is 11.5. The molecule has 2 rings (SSSR count). The summed E-state index contributed by atoms with van der Waals surface area (Å²) in [5.74, 6) is -0.398. The molecule has 0 aliphatic carbocycles. The number of hydrogen-bond donors (Lipinski definition) is 3. The second-order valence-electron chi connectivity index (χ2n) is 5.59. The van der Waals surface area contributed by atoms with Crippen LogP contribution in [0.4, 0.5) is 4.79 Å². The summed E-state index contributed by atoms with van der Waals surface area (Å²) in [5, 5.41) is 5.82. The van der Waals surface area contributed by atoms with E-state index in [2.05, 4.69) is 10.6 Å². The van der Waals surface area contributed by atoms with E-state index in [4.69, 9.17) is 5.73 Å². The lowest BCUT2D eigenvalue weighted by Crippen LogP contribution is -2.39. The van der Waals surface area contributed by atoms with E-state index in [0.717, 1.165) is 23.1 Å². The Morgan fingerprint density at radius 3 is 2.38 bits per heavy atom. The van der Waals surface area contributed by atoms with Gasteiger partial charge in [0.2, 0.25) is 5.91 Å². The Labute approximate surface area is 142 Å². The molecule has 24 heavy (non-hydrogen) atoms. The molecule has 1 atom stereocenters. The summed E-state index contributed by atoms with van der Waals surface area (Å²) in [5.41, 5.74) is 7.99. The van der Waals surface area contributed by atoms with Gasteiger partial charge >= 0.3 is 6.03 Å². The van der Waals surface area contributed by atoms with Crippen LogP contribution in [-0.4, -0.2) is 18.5 Å². The second-order valence-corrected chi connectivity index (χ2v) is 5.59. The molecule has 3 amide bonds. The van der Waals surface area contributed by atoms with Gasteiger partial charge in [0, 0.05) is 6.54 Å². The zero-order valence-electron chi connectivity index (χ0n) is 13.8. The third-order valence-corrected chi connectivity index (χ3v) is 3.67. The summed E-state index contributed by atoms with van der Waals surface area (Å²) in [4.78, 5) is 23.5. The van der Waals surface area contributed by atoms with Crippen molar-refractivity contribution in [1.29, 1.82) is 0 Å². The molecule has 0 saturated carbocycles. The summed E-state index contributed by atoms with van der Waals surface area (Å²) in [6, 6.07) is 16.6. The minimum absolute atomic E-state index is 0.137. The standard InChI is InChI=1S/C19H23N3O2/c1-2-12-21-19(24)22-18(14-8-4-3-5-9-14)16-11-7-6-10-15(16)13-17(20)23/h3-11,18H,2,12-13H2,1H3,(H2,20,23)(H2,21,22,24). The fourth-order valence-corrected chi connectivity index (χ4v) is 2.57. The second kappa shape index (κ2) is 8.72. The van der Waals surface area contributed by atoms with E-state index in [0.29, 0.717) is 6.54 Å². The van der Waals surface area contributed by atoms with Crippen molar-refractivity contribution in [3.8, 4) is 0 Å². The van der Waals surface area contributed by atoms with Crippen molar-refractivity contribution in [3.63, 3.8) is 0 Å². The molecule has 0 fully saturated rings. The fraction of sp³-hybridized carbons (Fsp3) is 0.263. The first-order chi connectivity index (χ1) is 11.6. The van der Waals surface area contributed by atoms with Crippen molar-refractivity contribution < 1.29 is 9.59 Å². The maximum Gasteiger partial charge on any atom is 0.315 e. The van der Waals surface area contributed by atoms with Crippen molar-refractivity contribution >= 4 is 11.9 Å². The highest BCUT2D eigenvalue weighted by molar-refractivity contribution is 5.78. The molecule has 0 aliphatic heterocycles. The van der Waals surface area contributed by atoms with Crippen LogP contribution in [0.2, 0.25) is 0 Å². The Kier molecular flexibility index (Phi) is 6.37. The van der Waals surface area contributed by atoms with Crippen molar-refractivity contribution in [3.05, 3.63) is 71.3 Å². The van der Waals surface area contributed by atoms with Gasteiger partial charge < -0.3 is 16.4 Å². The number of rotatable bonds is 7. The Balaban J connectivity index is 2.36. The molecular formula is C19H23N3O2. The highest BCUT2D eigenvalue weighted by atomic mass is 16.2. The molecule has 0 aliphatic rings. The minimum Gasteiger partial charge on any atom is -0.369 e. The number of benzene rings is 2. The topological polar surface area (TPSA) is 84.2 Å². The van der Waals surface area contributed by atoms with Crippen LogP contribution < -0.4 is 16.4 Å². The lowest BCUT2D eigenvalue weighted by Gasteiger charge is -2.22. The third kappa shape index (κ3) is 4.84. The summed E-state index contributed by atoms with van der Waals surface area (Å²) in [7, 11) is 0. The molecule has 5 heteroatoms. The van der Waals surface area contributed by atoms with Crippen LogP contribution in [0.25, 0.3) is 0 Å². The van der Waals surface area contributed by atoms with Crippen LogP contribution in [-0.2, 0) is 11.2 Å². The number of hydrogen-bond acceptors (Lipinski definition) is 2. The Bertz CT molecular complexity index is 686. The summed E-state index contributed by atoms with van der Waals surface area (Å²) in [6.07, 6.45) is 0.999. The number of urea groups is 1. The van der Waals surface area contributed by atoms with Crippen molar-refractivity contribution in [2.24, 2.45) is 5.73 Å². The van der Waals surface area contributed by atoms with Crippen molar-refractivity contribution in [2.45, 2.75) is 25.8 Å². The first-order valence-corrected chi connectivity index (χ1v) is 8.07. The lowest BCUT2D eigenvalue weighted by atomic mass is 9.93. The maximum atomic E-state index is 12.2. The number of primary amides is 1. The van der Waals surface area contributed by atoms with Gasteiger partial charge in [0.05, 0.1) is 12.5 Å². The van der Waals surface area contributed by atoms with Crippen LogP contribution >= 0.6 is 0 Å². The van der Waals surface area contributed by atoms with Gasteiger partial charge in [-0.05, 0) is 23.1 Å². The molecule has 0 bridgehead atoms. The molecule has 1 unspecified atom stereocenters. The molecule has 4 N–H and O–H groups in total. The first-order valence-electron chi connectivity index (χ1n) is 8.07. The zero-order valence-corrected chi connectivity index (χ0v) is 13.8. The van der Waals surface area contributed by atoms with Crippen molar-refractivity contribution in [1.82, 2.24) is 10.6 Å². The van der Waals surface area contributed by atoms with E-state index in [1.54, 1.807) is 0 Å². The molecule has 0 radical (unpaired) electrons. The fourth-order valence-electron chi connectivity index (χ4n) is 2.57. The molecule has 2 aromatic rings. The van der Waals surface area contributed by atoms with Crippen LogP contribution in [0.15, 0.2) is 54.6 Å². The van der Waals surface area contributed by atoms with E-state index in [1.165, 1.54) is 0 Å². The molecule has 0 aromatic heterocycles. The maximum absolute atomic E-state index is 12.2. The number of carbonyl (C=O) groups excluding carboxylic acids is 2. The molecule has 126 valence electrons. The van der Waals surface area contributed by atoms with Crippen LogP contribution in [0.3, 0.4) is 0 Å². The Morgan fingerprint density at radius 2 is 1.71 bits per heavy atom. The van der Waals surface area contributed by atoms with Crippen molar-refractivity contribution in [2.75, 3.05) is 6.54 Å². The quantitative estimate of drug-likeness (QED) is 0.731. The van der Waals surface area contributed by atoms with Gasteiger partial charge in [-0.2, -0.15) is 0 Å². The van der Waals surface area contributed by atoms with E-state index in [-0.39, 0.29) is 18.5 Å². The predicted molar refractivity (Wildman–Crippen MR) is 94.5 cm³/mol. The number of carbonyl (C=O) groups is 2. The van der Waals surface area contributed by atoms with E-state index in [9.17, 15) is 9.59 Å². The van der Waals surface area contributed by atoms with Crippen LogP contribution in [0.5, 0.6) is 0 Å². The molecule has 0 spiro atoms. The van der Waals surface area contributed by atoms with Gasteiger partial charge in [-0.15, -0.1) is 0 Å². The molecule has 5 nitrogen and oxygen atoms in total. The molecule has 0 heterocycles. The molecule has 0 saturated heterocycles. The smallest absolute Gasteiger partial charge is 0.315 e. The van der Waals surface area contributed by atoms with Gasteiger partial charge in [-0.25, -0.2) is 4.79 Å². The van der Waals surface area contributed by atoms with Gasteiger partial charge in [0.25, 0.3) is 0 Å². The summed E-state index contributed by atoms with van der Waals surface area (Å²) < 4.78 is 0. The first kappa shape index (κ1) is 17.5. The van der Waals surface area contributed by atoms with E-state index >= 15 is 0 Å². The number of nitrogens with two attached hydrogens (primary N) is 1. The van der Waals surface area contributed by atoms with E-state index in [1.807, 2.05) is 61.5 Å². The number of amides is 3. The van der Waals surface area contributed by atoms with E-state index < -0.39 is 5.91 Å². The van der Waals surface area contributed by atoms with Gasteiger partial charge in [-0.3, -0.25) is 4.79 Å². The number of nitrogens with one attached hydrogen (secondary N) is 2. The van der Waals surface area contributed by atoms with Crippen LogP contribution in [0.1, 0.15) is 36.1 Å². The largest absolute Gasteiger partial charge is 0.369 e.